The van der Waals surface area contributed by atoms with Crippen LogP contribution in [0.4, 0.5) is 14.6 Å². The van der Waals surface area contributed by atoms with Gasteiger partial charge in [0.05, 0.1) is 6.61 Å². The van der Waals surface area contributed by atoms with E-state index in [2.05, 4.69) is 9.51 Å². The molecule has 1 aliphatic rings. The maximum atomic E-state index is 14.0. The second-order valence-corrected chi connectivity index (χ2v) is 5.71. The Morgan fingerprint density at radius 3 is 2.73 bits per heavy atom. The predicted molar refractivity (Wildman–Crippen MR) is 65.8 cm³/mol. The smallest absolute Gasteiger partial charge is 0.384 e. The van der Waals surface area contributed by atoms with Crippen molar-refractivity contribution >= 4 is 13.6 Å². The van der Waals surface area contributed by atoms with Gasteiger partial charge in [0.15, 0.2) is 6.10 Å². The molecule has 3 atom stereocenters. The fourth-order valence-corrected chi connectivity index (χ4v) is 2.22. The third kappa shape index (κ3) is 3.32. The minimum atomic E-state index is -4.93. The fraction of sp³-hybridized carbons (Fsp3) is 0.556. The molecule has 1 aromatic heterocycles. The van der Waals surface area contributed by atoms with Crippen LogP contribution in [-0.2, 0) is 13.8 Å². The molecular formula is C9H12F2N3O7P. The number of alkyl halides is 2. The number of nitrogens with two attached hydrogens (primary N) is 1. The van der Waals surface area contributed by atoms with Crippen LogP contribution >= 0.6 is 7.82 Å². The molecule has 1 aliphatic heterocycles. The van der Waals surface area contributed by atoms with Crippen LogP contribution in [-0.4, -0.2) is 49.2 Å². The van der Waals surface area contributed by atoms with E-state index >= 15 is 0 Å². The summed E-state index contributed by atoms with van der Waals surface area (Å²) in [6, 6.07) is 1.08. The Labute approximate surface area is 121 Å². The second kappa shape index (κ2) is 5.65. The first kappa shape index (κ1) is 16.9. The first-order chi connectivity index (χ1) is 10.0. The zero-order chi connectivity index (χ0) is 16.7. The van der Waals surface area contributed by atoms with Gasteiger partial charge in [0, 0.05) is 6.20 Å². The summed E-state index contributed by atoms with van der Waals surface area (Å²) in [6.45, 7) is -0.991. The Kier molecular flexibility index (Phi) is 4.35. The zero-order valence-corrected chi connectivity index (χ0v) is 11.6. The summed E-state index contributed by atoms with van der Waals surface area (Å²) in [7, 11) is -4.93. The number of nitrogen functional groups attached to an aromatic ring is 1. The van der Waals surface area contributed by atoms with Crippen molar-refractivity contribution in [3.05, 3.63) is 22.7 Å². The van der Waals surface area contributed by atoms with Gasteiger partial charge in [-0.25, -0.2) is 9.36 Å². The lowest BCUT2D eigenvalue weighted by Crippen LogP contribution is -2.41. The number of ether oxygens (including phenoxy) is 1. The molecule has 0 aromatic carbocycles. The minimum Gasteiger partial charge on any atom is -0.384 e. The van der Waals surface area contributed by atoms with Crippen molar-refractivity contribution in [2.45, 2.75) is 24.4 Å². The van der Waals surface area contributed by atoms with Crippen LogP contribution in [0.3, 0.4) is 0 Å². The monoisotopic (exact) mass is 343 g/mol. The standard InChI is InChI=1S/C9H12F2N3O7P/c10-9(11)6(15)4(3-20-22(17,18)19)21-7(9)14-2-1-5(12)13-8(14)16/h1-2,4,6-7,15H,3H2,(H2,12,13,16)(H2,17,18,19)/t4-,6-,7-/m1/s1. The van der Waals surface area contributed by atoms with Crippen molar-refractivity contribution in [1.29, 1.82) is 0 Å². The van der Waals surface area contributed by atoms with Gasteiger partial charge >= 0.3 is 19.4 Å². The van der Waals surface area contributed by atoms with Crippen molar-refractivity contribution in [3.63, 3.8) is 0 Å². The van der Waals surface area contributed by atoms with E-state index in [1.807, 2.05) is 0 Å². The molecule has 10 nitrogen and oxygen atoms in total. The predicted octanol–water partition coefficient (Wildman–Crippen LogP) is -1.17. The van der Waals surface area contributed by atoms with Crippen LogP contribution in [0.15, 0.2) is 17.1 Å². The number of rotatable bonds is 4. The van der Waals surface area contributed by atoms with E-state index in [9.17, 15) is 23.2 Å². The average molecular weight is 343 g/mol. The third-order valence-corrected chi connectivity index (χ3v) is 3.38. The van der Waals surface area contributed by atoms with E-state index in [1.165, 1.54) is 0 Å². The van der Waals surface area contributed by atoms with E-state index in [1.54, 1.807) is 0 Å². The number of hydrogen-bond donors (Lipinski definition) is 4. The molecule has 22 heavy (non-hydrogen) atoms. The SMILES string of the molecule is Nc1ccn([C@@H]2O[C@H](COP(=O)(O)O)[C@@H](O)C2(F)F)c(=O)n1. The molecule has 2 heterocycles. The summed E-state index contributed by atoms with van der Waals surface area (Å²) >= 11 is 0. The van der Waals surface area contributed by atoms with Crippen molar-refractivity contribution in [3.8, 4) is 0 Å². The summed E-state index contributed by atoms with van der Waals surface area (Å²) < 4.78 is 47.8. The topological polar surface area (TPSA) is 157 Å². The van der Waals surface area contributed by atoms with Crippen LogP contribution in [0, 0.1) is 0 Å². The molecule has 5 N–H and O–H groups in total. The molecule has 0 spiro atoms. The van der Waals surface area contributed by atoms with Gasteiger partial charge in [-0.3, -0.25) is 9.09 Å². The molecule has 1 aromatic rings. The van der Waals surface area contributed by atoms with Gasteiger partial charge in [0.1, 0.15) is 11.9 Å². The van der Waals surface area contributed by atoms with E-state index < -0.39 is 44.5 Å². The first-order valence-corrected chi connectivity index (χ1v) is 7.31. The van der Waals surface area contributed by atoms with Crippen LogP contribution in [0.25, 0.3) is 0 Å². The highest BCUT2D eigenvalue weighted by Gasteiger charge is 2.60. The lowest BCUT2D eigenvalue weighted by molar-refractivity contribution is -0.140. The van der Waals surface area contributed by atoms with E-state index in [0.717, 1.165) is 12.3 Å². The number of nitrogens with zero attached hydrogens (tertiary/aromatic N) is 2. The van der Waals surface area contributed by atoms with E-state index in [-0.39, 0.29) is 5.82 Å². The number of hydrogen-bond acceptors (Lipinski definition) is 7. The minimum absolute atomic E-state index is 0.190. The highest BCUT2D eigenvalue weighted by Crippen LogP contribution is 2.44. The van der Waals surface area contributed by atoms with Crippen molar-refractivity contribution in [1.82, 2.24) is 9.55 Å². The Balaban J connectivity index is 2.26. The zero-order valence-electron chi connectivity index (χ0n) is 10.7. The number of aliphatic hydroxyl groups is 1. The molecule has 1 saturated heterocycles. The summed E-state index contributed by atoms with van der Waals surface area (Å²) in [4.78, 5) is 31.9. The van der Waals surface area contributed by atoms with Gasteiger partial charge in [-0.2, -0.15) is 13.8 Å². The van der Waals surface area contributed by atoms with Crippen LogP contribution in [0.1, 0.15) is 6.23 Å². The average Bonchev–Trinajstić information content (AvgIpc) is 2.59. The molecule has 0 amide bonds. The Morgan fingerprint density at radius 2 is 2.18 bits per heavy atom. The highest BCUT2D eigenvalue weighted by atomic mass is 31.2. The van der Waals surface area contributed by atoms with Gasteiger partial charge in [-0.05, 0) is 6.07 Å². The van der Waals surface area contributed by atoms with Gasteiger partial charge in [0.25, 0.3) is 0 Å². The normalized spacial score (nSPS) is 28.0. The van der Waals surface area contributed by atoms with Crippen molar-refractivity contribution in [2.75, 3.05) is 12.3 Å². The Hall–Kier alpha value is -1.43. The van der Waals surface area contributed by atoms with Gasteiger partial charge in [0.2, 0.25) is 6.23 Å². The molecule has 0 radical (unpaired) electrons. The van der Waals surface area contributed by atoms with E-state index in [0.29, 0.717) is 4.57 Å². The number of anilines is 1. The summed E-state index contributed by atoms with van der Waals surface area (Å²) in [5.74, 6) is -4.10. The largest absolute Gasteiger partial charge is 0.469 e. The second-order valence-electron chi connectivity index (χ2n) is 4.47. The Morgan fingerprint density at radius 1 is 1.55 bits per heavy atom. The maximum absolute atomic E-state index is 14.0. The quantitative estimate of drug-likeness (QED) is 0.494. The molecule has 0 unspecified atom stereocenters. The number of aromatic nitrogens is 2. The summed E-state index contributed by atoms with van der Waals surface area (Å²) in [6.07, 6.45) is -5.50. The van der Waals surface area contributed by atoms with Crippen LogP contribution < -0.4 is 11.4 Å². The molecule has 1 fully saturated rings. The Bertz CT molecular complexity index is 663. The number of phosphoric ester groups is 1. The lowest BCUT2D eigenvalue weighted by Gasteiger charge is -2.20. The van der Waals surface area contributed by atoms with Crippen molar-refractivity contribution < 1.29 is 37.5 Å². The molecule has 13 heteroatoms. The van der Waals surface area contributed by atoms with Gasteiger partial charge in [-0.1, -0.05) is 0 Å². The van der Waals surface area contributed by atoms with Crippen molar-refractivity contribution in [2.24, 2.45) is 0 Å². The third-order valence-electron chi connectivity index (χ3n) is 2.89. The van der Waals surface area contributed by atoms with Gasteiger partial charge in [-0.15, -0.1) is 0 Å². The molecule has 0 bridgehead atoms. The lowest BCUT2D eigenvalue weighted by atomic mass is 10.1. The first-order valence-electron chi connectivity index (χ1n) is 5.78. The number of halogens is 2. The molecule has 2 rings (SSSR count). The van der Waals surface area contributed by atoms with Gasteiger partial charge < -0.3 is 25.4 Å². The van der Waals surface area contributed by atoms with Crippen LogP contribution in [0.5, 0.6) is 0 Å². The van der Waals surface area contributed by atoms with E-state index in [4.69, 9.17) is 20.3 Å². The molecule has 0 saturated carbocycles. The molecule has 0 aliphatic carbocycles. The highest BCUT2D eigenvalue weighted by molar-refractivity contribution is 7.46. The summed E-state index contributed by atoms with van der Waals surface area (Å²) in [5.41, 5.74) is 4.10. The molecular weight excluding hydrogens is 331 g/mol. The maximum Gasteiger partial charge on any atom is 0.469 e. The summed E-state index contributed by atoms with van der Waals surface area (Å²) in [5, 5.41) is 9.52. The molecule has 124 valence electrons. The number of phosphoric acid groups is 1. The van der Waals surface area contributed by atoms with Crippen LogP contribution in [0.2, 0.25) is 0 Å². The number of aliphatic hydroxyl groups excluding tert-OH is 1. The fourth-order valence-electron chi connectivity index (χ4n) is 1.88.